The highest BCUT2D eigenvalue weighted by Crippen LogP contribution is 2.17. The van der Waals surface area contributed by atoms with Gasteiger partial charge in [0.15, 0.2) is 0 Å². The van der Waals surface area contributed by atoms with Crippen molar-refractivity contribution in [1.82, 2.24) is 10.2 Å². The fraction of sp³-hybridized carbons (Fsp3) is 0.438. The number of nitrogens with one attached hydrogen (secondary N) is 1. The third kappa shape index (κ3) is 4.31. The zero-order valence-electron chi connectivity index (χ0n) is 12.6. The monoisotopic (exact) mass is 304 g/mol. The van der Waals surface area contributed by atoms with E-state index in [0.717, 1.165) is 5.56 Å². The van der Waals surface area contributed by atoms with E-state index in [4.69, 9.17) is 4.74 Å². The molecule has 0 spiro atoms. The molecule has 22 heavy (non-hydrogen) atoms. The van der Waals surface area contributed by atoms with Crippen LogP contribution in [0.2, 0.25) is 0 Å². The Morgan fingerprint density at radius 2 is 2.05 bits per heavy atom. The number of hydrogen-bond acceptors (Lipinski definition) is 4. The van der Waals surface area contributed by atoms with Gasteiger partial charge in [0, 0.05) is 25.4 Å². The average Bonchev–Trinajstić information content (AvgIpc) is 2.53. The molecule has 1 N–H and O–H groups in total. The van der Waals surface area contributed by atoms with E-state index in [1.54, 1.807) is 0 Å². The van der Waals surface area contributed by atoms with Crippen molar-refractivity contribution in [1.29, 1.82) is 0 Å². The first-order chi connectivity index (χ1) is 10.6. The Morgan fingerprint density at radius 3 is 2.77 bits per heavy atom. The van der Waals surface area contributed by atoms with Gasteiger partial charge in [-0.25, -0.2) is 4.79 Å². The summed E-state index contributed by atoms with van der Waals surface area (Å²) in [4.78, 5) is 36.4. The lowest BCUT2D eigenvalue weighted by molar-refractivity contribution is -0.151. The van der Waals surface area contributed by atoms with Crippen molar-refractivity contribution in [2.45, 2.75) is 26.4 Å². The number of rotatable bonds is 5. The van der Waals surface area contributed by atoms with Gasteiger partial charge in [-0.05, 0) is 12.0 Å². The van der Waals surface area contributed by atoms with Gasteiger partial charge >= 0.3 is 6.09 Å². The van der Waals surface area contributed by atoms with E-state index in [0.29, 0.717) is 12.8 Å². The van der Waals surface area contributed by atoms with Crippen molar-refractivity contribution in [2.75, 3.05) is 13.1 Å². The molecule has 3 amide bonds. The van der Waals surface area contributed by atoms with Crippen molar-refractivity contribution in [3.8, 4) is 0 Å². The van der Waals surface area contributed by atoms with Gasteiger partial charge in [-0.3, -0.25) is 14.5 Å². The second-order valence-corrected chi connectivity index (χ2v) is 5.31. The van der Waals surface area contributed by atoms with E-state index >= 15 is 0 Å². The second-order valence-electron chi connectivity index (χ2n) is 5.31. The van der Waals surface area contributed by atoms with Crippen LogP contribution < -0.4 is 5.32 Å². The van der Waals surface area contributed by atoms with Gasteiger partial charge < -0.3 is 10.1 Å². The summed E-state index contributed by atoms with van der Waals surface area (Å²) in [5.74, 6) is -0.485. The molecule has 0 bridgehead atoms. The number of carbonyl (C=O) groups is 3. The molecule has 118 valence electrons. The van der Waals surface area contributed by atoms with Crippen molar-refractivity contribution >= 4 is 17.9 Å². The zero-order chi connectivity index (χ0) is 15.9. The number of carbonyl (C=O) groups excluding carboxylic acids is 3. The highest BCUT2D eigenvalue weighted by atomic mass is 16.5. The molecule has 2 rings (SSSR count). The quantitative estimate of drug-likeness (QED) is 0.840. The Hall–Kier alpha value is -2.37. The van der Waals surface area contributed by atoms with Crippen LogP contribution in [0.5, 0.6) is 0 Å². The summed E-state index contributed by atoms with van der Waals surface area (Å²) < 4.78 is 5.05. The number of benzene rings is 1. The van der Waals surface area contributed by atoms with Gasteiger partial charge in [-0.15, -0.1) is 0 Å². The molecular weight excluding hydrogens is 284 g/mol. The van der Waals surface area contributed by atoms with Crippen LogP contribution >= 0.6 is 0 Å². The van der Waals surface area contributed by atoms with E-state index in [2.05, 4.69) is 5.32 Å². The SMILES string of the molecule is C[C@H]1CCC(=O)N(CCNC(=O)OCc2ccccc2)C1=O. The van der Waals surface area contributed by atoms with Crippen LogP contribution in [0.25, 0.3) is 0 Å². The maximum atomic E-state index is 11.9. The van der Waals surface area contributed by atoms with Gasteiger partial charge in [0.2, 0.25) is 11.8 Å². The molecule has 1 saturated heterocycles. The second kappa shape index (κ2) is 7.59. The molecule has 6 heteroatoms. The van der Waals surface area contributed by atoms with Gasteiger partial charge in [-0.1, -0.05) is 37.3 Å². The van der Waals surface area contributed by atoms with Crippen LogP contribution in [0.15, 0.2) is 30.3 Å². The highest BCUT2D eigenvalue weighted by Gasteiger charge is 2.30. The van der Waals surface area contributed by atoms with Crippen molar-refractivity contribution < 1.29 is 19.1 Å². The molecule has 1 aromatic rings. The zero-order valence-corrected chi connectivity index (χ0v) is 12.6. The summed E-state index contributed by atoms with van der Waals surface area (Å²) in [5.41, 5.74) is 0.896. The van der Waals surface area contributed by atoms with Crippen molar-refractivity contribution in [3.63, 3.8) is 0 Å². The first-order valence-corrected chi connectivity index (χ1v) is 7.36. The minimum absolute atomic E-state index is 0.136. The summed E-state index contributed by atoms with van der Waals surface area (Å²) in [7, 11) is 0. The van der Waals surface area contributed by atoms with E-state index in [1.807, 2.05) is 37.3 Å². The van der Waals surface area contributed by atoms with Crippen molar-refractivity contribution in [3.05, 3.63) is 35.9 Å². The van der Waals surface area contributed by atoms with E-state index in [1.165, 1.54) is 4.90 Å². The fourth-order valence-corrected chi connectivity index (χ4v) is 2.27. The number of nitrogens with zero attached hydrogens (tertiary/aromatic N) is 1. The predicted molar refractivity (Wildman–Crippen MR) is 79.7 cm³/mol. The number of hydrogen-bond donors (Lipinski definition) is 1. The number of ether oxygens (including phenoxy) is 1. The summed E-state index contributed by atoms with van der Waals surface area (Å²) in [6, 6.07) is 9.34. The number of likely N-dealkylation sites (tertiary alicyclic amines) is 1. The first kappa shape index (κ1) is 16.0. The van der Waals surface area contributed by atoms with Crippen LogP contribution in [-0.2, 0) is 20.9 Å². The molecular formula is C16H20N2O4. The molecule has 1 aliphatic rings. The van der Waals surface area contributed by atoms with Gasteiger partial charge in [-0.2, -0.15) is 0 Å². The Morgan fingerprint density at radius 1 is 1.32 bits per heavy atom. The summed E-state index contributed by atoms with van der Waals surface area (Å²) in [6.07, 6.45) is 0.417. The summed E-state index contributed by atoms with van der Waals surface area (Å²) in [6.45, 7) is 2.37. The van der Waals surface area contributed by atoms with Crippen LogP contribution in [-0.4, -0.2) is 35.9 Å². The van der Waals surface area contributed by atoms with Crippen LogP contribution in [0.3, 0.4) is 0 Å². The third-order valence-electron chi connectivity index (χ3n) is 3.60. The van der Waals surface area contributed by atoms with Gasteiger partial charge in [0.1, 0.15) is 6.61 Å². The van der Waals surface area contributed by atoms with Crippen LogP contribution in [0.1, 0.15) is 25.3 Å². The molecule has 1 aliphatic heterocycles. The smallest absolute Gasteiger partial charge is 0.407 e. The first-order valence-electron chi connectivity index (χ1n) is 7.36. The largest absolute Gasteiger partial charge is 0.445 e. The third-order valence-corrected chi connectivity index (χ3v) is 3.60. The number of piperidine rings is 1. The number of alkyl carbamates (subject to hydrolysis) is 1. The highest BCUT2D eigenvalue weighted by molar-refractivity contribution is 5.98. The molecule has 1 aromatic carbocycles. The molecule has 0 radical (unpaired) electrons. The van der Waals surface area contributed by atoms with Gasteiger partial charge in [0.25, 0.3) is 0 Å². The molecule has 1 fully saturated rings. The van der Waals surface area contributed by atoms with Gasteiger partial charge in [0.05, 0.1) is 0 Å². The normalized spacial score (nSPS) is 18.2. The van der Waals surface area contributed by atoms with E-state index < -0.39 is 6.09 Å². The Labute approximate surface area is 129 Å². The lowest BCUT2D eigenvalue weighted by Gasteiger charge is -2.28. The molecule has 0 unspecified atom stereocenters. The Kier molecular flexibility index (Phi) is 5.52. The van der Waals surface area contributed by atoms with Crippen LogP contribution in [0, 0.1) is 5.92 Å². The standard InChI is InChI=1S/C16H20N2O4/c1-12-7-8-14(19)18(15(12)20)10-9-17-16(21)22-11-13-5-3-2-4-6-13/h2-6,12H,7-11H2,1H3,(H,17,21)/t12-/m0/s1. The minimum Gasteiger partial charge on any atom is -0.445 e. The maximum Gasteiger partial charge on any atom is 0.407 e. The maximum absolute atomic E-state index is 11.9. The minimum atomic E-state index is -0.561. The lowest BCUT2D eigenvalue weighted by atomic mass is 9.99. The molecule has 1 atom stereocenters. The van der Waals surface area contributed by atoms with Crippen molar-refractivity contribution in [2.24, 2.45) is 5.92 Å². The molecule has 1 heterocycles. The molecule has 6 nitrogen and oxygen atoms in total. The molecule has 0 saturated carbocycles. The molecule has 0 aromatic heterocycles. The predicted octanol–water partition coefficient (Wildman–Crippen LogP) is 1.70. The average molecular weight is 304 g/mol. The Balaban J connectivity index is 1.70. The van der Waals surface area contributed by atoms with E-state index in [9.17, 15) is 14.4 Å². The number of imide groups is 1. The summed E-state index contributed by atoms with van der Waals surface area (Å²) >= 11 is 0. The van der Waals surface area contributed by atoms with Crippen LogP contribution in [0.4, 0.5) is 4.79 Å². The van der Waals surface area contributed by atoms with E-state index in [-0.39, 0.29) is 37.4 Å². The molecule has 0 aliphatic carbocycles. The fourth-order valence-electron chi connectivity index (χ4n) is 2.27. The summed E-state index contributed by atoms with van der Waals surface area (Å²) in [5, 5.41) is 2.55. The Bertz CT molecular complexity index is 544. The lowest BCUT2D eigenvalue weighted by Crippen LogP contribution is -2.47. The topological polar surface area (TPSA) is 75.7 Å². The number of amides is 3.